The van der Waals surface area contributed by atoms with Crippen LogP contribution in [0.4, 0.5) is 0 Å². The predicted molar refractivity (Wildman–Crippen MR) is 118 cm³/mol. The zero-order chi connectivity index (χ0) is 18.4. The van der Waals surface area contributed by atoms with Gasteiger partial charge in [0.05, 0.1) is 0 Å². The topological polar surface area (TPSA) is 26.0 Å². The summed E-state index contributed by atoms with van der Waals surface area (Å²) in [7, 11) is 0. The monoisotopic (exact) mass is 417 g/mol. The summed E-state index contributed by atoms with van der Waals surface area (Å²) >= 11 is 3.84. The van der Waals surface area contributed by atoms with E-state index >= 15 is 0 Å². The van der Waals surface area contributed by atoms with Gasteiger partial charge in [-0.25, -0.2) is 0 Å². The van der Waals surface area contributed by atoms with Gasteiger partial charge < -0.3 is 5.73 Å². The maximum absolute atomic E-state index is 5.78. The number of nitrogens with two attached hydrogens (primary N) is 1. The van der Waals surface area contributed by atoms with E-state index in [9.17, 15) is 0 Å². The lowest BCUT2D eigenvalue weighted by Crippen LogP contribution is -2.29. The molecule has 3 aromatic carbocycles. The average molecular weight is 418 g/mol. The summed E-state index contributed by atoms with van der Waals surface area (Å²) in [6.07, 6.45) is 10.7. The van der Waals surface area contributed by atoms with E-state index in [4.69, 9.17) is 5.73 Å². The maximum Gasteiger partial charge on any atom is 0.0256 e. The van der Waals surface area contributed by atoms with Gasteiger partial charge in [0.1, 0.15) is 0 Å². The summed E-state index contributed by atoms with van der Waals surface area (Å²) in [6.45, 7) is 0.610. The summed E-state index contributed by atoms with van der Waals surface area (Å²) in [4.78, 5) is 0. The van der Waals surface area contributed by atoms with Gasteiger partial charge in [0.2, 0.25) is 0 Å². The van der Waals surface area contributed by atoms with Crippen LogP contribution in [0.3, 0.4) is 0 Å². The molecule has 1 nitrogen and oxygen atoms in total. The molecule has 1 atom stereocenters. The predicted octanol–water partition coefficient (Wildman–Crippen LogP) is 4.88. The number of halogens is 1. The molecule has 0 saturated carbocycles. The van der Waals surface area contributed by atoms with Crippen LogP contribution in [0.15, 0.2) is 46.9 Å². The van der Waals surface area contributed by atoms with E-state index in [0.717, 1.165) is 12.8 Å². The first-order chi connectivity index (χ1) is 13.3. The Hall–Kier alpha value is -1.90. The molecule has 1 unspecified atom stereocenters. The molecule has 2 heteroatoms. The van der Waals surface area contributed by atoms with Crippen LogP contribution in [0.25, 0.3) is 22.9 Å². The zero-order valence-electron chi connectivity index (χ0n) is 15.5. The maximum atomic E-state index is 5.78. The summed E-state index contributed by atoms with van der Waals surface area (Å²) in [6, 6.07) is 16.0. The van der Waals surface area contributed by atoms with Gasteiger partial charge in [-0.15, -0.1) is 0 Å². The molecule has 0 aliphatic heterocycles. The van der Waals surface area contributed by atoms with E-state index in [1.54, 1.807) is 5.56 Å². The Labute approximate surface area is 168 Å². The molecule has 3 aromatic rings. The lowest BCUT2D eigenvalue weighted by atomic mass is 9.77. The lowest BCUT2D eigenvalue weighted by Gasteiger charge is -2.28. The number of rotatable bonds is 2. The van der Waals surface area contributed by atoms with Crippen molar-refractivity contribution in [3.05, 3.63) is 79.6 Å². The van der Waals surface area contributed by atoms with E-state index in [1.807, 2.05) is 0 Å². The summed E-state index contributed by atoms with van der Waals surface area (Å²) in [5.74, 6) is 0.496. The summed E-state index contributed by atoms with van der Waals surface area (Å²) < 4.78 is 1.24. The van der Waals surface area contributed by atoms with Gasteiger partial charge in [0, 0.05) is 16.9 Å². The molecule has 2 aliphatic carbocycles. The van der Waals surface area contributed by atoms with Crippen LogP contribution in [0, 0.1) is 0 Å². The Bertz CT molecular complexity index is 1140. The molecule has 0 amide bonds. The third-order valence-corrected chi connectivity index (χ3v) is 6.93. The molecule has 0 aromatic heterocycles. The van der Waals surface area contributed by atoms with Gasteiger partial charge in [-0.1, -0.05) is 64.5 Å². The minimum absolute atomic E-state index is 0.496. The van der Waals surface area contributed by atoms with E-state index in [2.05, 4.69) is 70.5 Å². The zero-order valence-corrected chi connectivity index (χ0v) is 17.1. The Morgan fingerprint density at radius 3 is 2.48 bits per heavy atom. The highest BCUT2D eigenvalue weighted by Gasteiger charge is 2.24. The molecule has 136 valence electrons. The van der Waals surface area contributed by atoms with Crippen molar-refractivity contribution in [2.45, 2.75) is 44.6 Å². The number of hydrogen-bond acceptors (Lipinski definition) is 1. The van der Waals surface area contributed by atoms with Gasteiger partial charge in [0.15, 0.2) is 0 Å². The van der Waals surface area contributed by atoms with Crippen molar-refractivity contribution >= 4 is 38.9 Å². The van der Waals surface area contributed by atoms with Crippen LogP contribution in [-0.4, -0.2) is 0 Å². The van der Waals surface area contributed by atoms with Crippen molar-refractivity contribution in [3.8, 4) is 0 Å². The van der Waals surface area contributed by atoms with E-state index in [0.29, 0.717) is 12.5 Å². The van der Waals surface area contributed by atoms with Crippen LogP contribution >= 0.6 is 15.9 Å². The fourth-order valence-electron chi connectivity index (χ4n) is 4.92. The molecule has 5 rings (SSSR count). The van der Waals surface area contributed by atoms with Gasteiger partial charge in [-0.3, -0.25) is 0 Å². The van der Waals surface area contributed by atoms with E-state index in [1.165, 1.54) is 61.6 Å². The quantitative estimate of drug-likeness (QED) is 0.631. The largest absolute Gasteiger partial charge is 0.326 e. The van der Waals surface area contributed by atoms with E-state index < -0.39 is 0 Å². The Morgan fingerprint density at radius 2 is 1.70 bits per heavy atom. The van der Waals surface area contributed by atoms with Gasteiger partial charge >= 0.3 is 0 Å². The normalized spacial score (nSPS) is 18.4. The molecular weight excluding hydrogens is 394 g/mol. The first-order valence-electron chi connectivity index (χ1n) is 9.99. The van der Waals surface area contributed by atoms with Crippen molar-refractivity contribution in [3.63, 3.8) is 0 Å². The number of fused-ring (bicyclic) bond motifs is 5. The molecule has 0 saturated heterocycles. The number of benzene rings is 3. The van der Waals surface area contributed by atoms with Crippen molar-refractivity contribution in [2.24, 2.45) is 5.73 Å². The Balaban J connectivity index is 1.72. The van der Waals surface area contributed by atoms with Crippen molar-refractivity contribution in [2.75, 3.05) is 0 Å². The van der Waals surface area contributed by atoms with Crippen LogP contribution in [0.2, 0.25) is 0 Å². The smallest absolute Gasteiger partial charge is 0.0256 e. The molecule has 0 spiro atoms. The molecule has 2 aliphatic rings. The van der Waals surface area contributed by atoms with Gasteiger partial charge in [0.25, 0.3) is 0 Å². The SMILES string of the molecule is NCc1ccc(C2CCCc3c2ccc2c4c(c(Br)cc32)=CCCC=4)cc1. The third kappa shape index (κ3) is 2.86. The van der Waals surface area contributed by atoms with Crippen LogP contribution in [-0.2, 0) is 13.0 Å². The van der Waals surface area contributed by atoms with Crippen LogP contribution in [0.5, 0.6) is 0 Å². The van der Waals surface area contributed by atoms with E-state index in [-0.39, 0.29) is 0 Å². The fourth-order valence-corrected chi connectivity index (χ4v) is 5.52. The molecule has 0 heterocycles. The molecule has 0 fully saturated rings. The standard InChI is InChI=1S/C25H24BrN/c26-25-14-24-20-7-3-6-18(17-10-8-16(15-27)9-11-17)21(20)12-13-22(24)19-4-1-2-5-23(19)25/h4-5,8-14,18H,1-3,6-7,15,27H2. The van der Waals surface area contributed by atoms with Crippen LogP contribution < -0.4 is 16.2 Å². The molecule has 0 radical (unpaired) electrons. The minimum atomic E-state index is 0.496. The second kappa shape index (κ2) is 6.92. The lowest BCUT2D eigenvalue weighted by molar-refractivity contribution is 0.619. The second-order valence-corrected chi connectivity index (χ2v) is 8.64. The highest BCUT2D eigenvalue weighted by atomic mass is 79.9. The number of aryl methyl sites for hydroxylation is 1. The Morgan fingerprint density at radius 1 is 0.926 bits per heavy atom. The molecule has 2 N–H and O–H groups in total. The molecular formula is C25H24BrN. The summed E-state index contributed by atoms with van der Waals surface area (Å²) in [5.41, 5.74) is 11.5. The first-order valence-corrected chi connectivity index (χ1v) is 10.8. The fraction of sp³-hybridized carbons (Fsp3) is 0.280. The van der Waals surface area contributed by atoms with Gasteiger partial charge in [-0.2, -0.15) is 0 Å². The number of hydrogen-bond donors (Lipinski definition) is 1. The highest BCUT2D eigenvalue weighted by Crippen LogP contribution is 2.39. The van der Waals surface area contributed by atoms with Crippen molar-refractivity contribution in [1.82, 2.24) is 0 Å². The first kappa shape index (κ1) is 17.2. The summed E-state index contributed by atoms with van der Waals surface area (Å²) in [5, 5.41) is 5.65. The Kier molecular flexibility index (Phi) is 4.41. The van der Waals surface area contributed by atoms with Crippen molar-refractivity contribution < 1.29 is 0 Å². The van der Waals surface area contributed by atoms with Gasteiger partial charge in [-0.05, 0) is 81.6 Å². The minimum Gasteiger partial charge on any atom is -0.326 e. The van der Waals surface area contributed by atoms with Crippen molar-refractivity contribution in [1.29, 1.82) is 0 Å². The average Bonchev–Trinajstić information content (AvgIpc) is 2.73. The third-order valence-electron chi connectivity index (χ3n) is 6.28. The van der Waals surface area contributed by atoms with Crippen LogP contribution in [0.1, 0.15) is 53.9 Å². The highest BCUT2D eigenvalue weighted by molar-refractivity contribution is 9.10. The molecule has 0 bridgehead atoms. The second-order valence-electron chi connectivity index (χ2n) is 7.79. The molecule has 27 heavy (non-hydrogen) atoms.